The van der Waals surface area contributed by atoms with Crippen molar-refractivity contribution in [3.63, 3.8) is 0 Å². The van der Waals surface area contributed by atoms with Crippen molar-refractivity contribution in [3.05, 3.63) is 36.3 Å². The first-order valence-electron chi connectivity index (χ1n) is 6.78. The highest BCUT2D eigenvalue weighted by Gasteiger charge is 2.06. The third-order valence-corrected chi connectivity index (χ3v) is 4.50. The van der Waals surface area contributed by atoms with E-state index in [-0.39, 0.29) is 11.6 Å². The number of anilines is 1. The second kappa shape index (κ2) is 6.82. The lowest BCUT2D eigenvalue weighted by Crippen LogP contribution is -2.27. The van der Waals surface area contributed by atoms with Crippen LogP contribution in [0.2, 0.25) is 0 Å². The summed E-state index contributed by atoms with van der Waals surface area (Å²) in [6, 6.07) is 6.59. The van der Waals surface area contributed by atoms with Gasteiger partial charge in [0.05, 0.1) is 5.75 Å². The molecule has 2 N–H and O–H groups in total. The Kier molecular flexibility index (Phi) is 5.08. The third-order valence-electron chi connectivity index (χ3n) is 3.09. The van der Waals surface area contributed by atoms with Crippen LogP contribution >= 0.6 is 0 Å². The number of sulfonamides is 1. The fourth-order valence-electron chi connectivity index (χ4n) is 1.94. The number of aromatic nitrogens is 1. The minimum Gasteiger partial charge on any atom is -0.384 e. The van der Waals surface area contributed by atoms with E-state index in [0.717, 1.165) is 5.69 Å². The van der Waals surface area contributed by atoms with Gasteiger partial charge in [0.2, 0.25) is 10.0 Å². The average molecular weight is 311 g/mol. The van der Waals surface area contributed by atoms with Gasteiger partial charge < -0.3 is 5.32 Å². The highest BCUT2D eigenvalue weighted by atomic mass is 32.2. The van der Waals surface area contributed by atoms with E-state index in [1.54, 1.807) is 31.3 Å². The predicted octanol–water partition coefficient (Wildman–Crippen LogP) is 2.12. The fraction of sp³-hybridized carbons (Fsp3) is 0.357. The van der Waals surface area contributed by atoms with Gasteiger partial charge in [0, 0.05) is 30.4 Å². The number of rotatable bonds is 7. The van der Waals surface area contributed by atoms with E-state index in [0.29, 0.717) is 30.4 Å². The van der Waals surface area contributed by atoms with Crippen molar-refractivity contribution >= 4 is 26.6 Å². The molecular weight excluding hydrogens is 293 g/mol. The van der Waals surface area contributed by atoms with Crippen LogP contribution in [0.4, 0.5) is 10.1 Å². The smallest absolute Gasteiger partial charge is 0.211 e. The normalized spacial score (nSPS) is 11.7. The molecule has 0 bridgehead atoms. The van der Waals surface area contributed by atoms with Crippen LogP contribution in [-0.4, -0.2) is 32.2 Å². The standard InChI is InChI=1S/C14H18FN3O2S/c1-2-21(19,20)18-9-4-8-16-13-7-10-17-14-11(13)5-3-6-12(14)15/h3,5-7,10,18H,2,4,8-9H2,1H3,(H,16,17). The number of benzene rings is 1. The molecule has 0 fully saturated rings. The number of nitrogens with one attached hydrogen (secondary N) is 2. The number of hydrogen-bond donors (Lipinski definition) is 2. The number of hydrogen-bond acceptors (Lipinski definition) is 4. The van der Waals surface area contributed by atoms with Gasteiger partial charge in [0.1, 0.15) is 11.3 Å². The molecule has 0 aliphatic heterocycles. The summed E-state index contributed by atoms with van der Waals surface area (Å²) in [6.07, 6.45) is 2.19. The van der Waals surface area contributed by atoms with Crippen molar-refractivity contribution in [3.8, 4) is 0 Å². The molecule has 5 nitrogen and oxygen atoms in total. The molecule has 0 atom stereocenters. The molecule has 0 saturated carbocycles. The van der Waals surface area contributed by atoms with E-state index in [2.05, 4.69) is 15.0 Å². The van der Waals surface area contributed by atoms with Gasteiger partial charge in [0.25, 0.3) is 0 Å². The topological polar surface area (TPSA) is 71.1 Å². The molecule has 0 radical (unpaired) electrons. The minimum absolute atomic E-state index is 0.0781. The van der Waals surface area contributed by atoms with Crippen molar-refractivity contribution < 1.29 is 12.8 Å². The molecule has 0 saturated heterocycles. The number of pyridine rings is 1. The third kappa shape index (κ3) is 4.12. The van der Waals surface area contributed by atoms with Gasteiger partial charge in [0.15, 0.2) is 0 Å². The highest BCUT2D eigenvalue weighted by molar-refractivity contribution is 7.89. The Labute approximate surface area is 123 Å². The number of para-hydroxylation sites is 1. The van der Waals surface area contributed by atoms with Crippen LogP contribution in [0.5, 0.6) is 0 Å². The van der Waals surface area contributed by atoms with Gasteiger partial charge in [-0.2, -0.15) is 0 Å². The van der Waals surface area contributed by atoms with Crippen LogP contribution in [0, 0.1) is 5.82 Å². The summed E-state index contributed by atoms with van der Waals surface area (Å²) in [5.74, 6) is -0.277. The highest BCUT2D eigenvalue weighted by Crippen LogP contribution is 2.23. The van der Waals surface area contributed by atoms with Crippen molar-refractivity contribution in [2.75, 3.05) is 24.2 Å². The second-order valence-electron chi connectivity index (χ2n) is 4.57. The lowest BCUT2D eigenvalue weighted by atomic mass is 10.2. The van der Waals surface area contributed by atoms with Gasteiger partial charge >= 0.3 is 0 Å². The lowest BCUT2D eigenvalue weighted by Gasteiger charge is -2.10. The van der Waals surface area contributed by atoms with Crippen molar-refractivity contribution in [1.29, 1.82) is 0 Å². The van der Waals surface area contributed by atoms with E-state index < -0.39 is 10.0 Å². The Morgan fingerprint density at radius 3 is 2.81 bits per heavy atom. The molecule has 2 aromatic rings. The summed E-state index contributed by atoms with van der Waals surface area (Å²) in [5, 5.41) is 3.89. The second-order valence-corrected chi connectivity index (χ2v) is 6.67. The zero-order valence-corrected chi connectivity index (χ0v) is 12.6. The average Bonchev–Trinajstić information content (AvgIpc) is 2.48. The van der Waals surface area contributed by atoms with E-state index in [4.69, 9.17) is 0 Å². The molecule has 0 aliphatic rings. The molecule has 114 valence electrons. The summed E-state index contributed by atoms with van der Waals surface area (Å²) >= 11 is 0. The summed E-state index contributed by atoms with van der Waals surface area (Å²) in [5.41, 5.74) is 1.12. The molecule has 0 unspecified atom stereocenters. The number of halogens is 1. The van der Waals surface area contributed by atoms with Gasteiger partial charge in [-0.05, 0) is 25.5 Å². The zero-order chi connectivity index (χ0) is 15.3. The van der Waals surface area contributed by atoms with Crippen LogP contribution in [0.15, 0.2) is 30.5 Å². The summed E-state index contributed by atoms with van der Waals surface area (Å²) in [4.78, 5) is 4.02. The molecule has 1 aromatic heterocycles. The molecular formula is C14H18FN3O2S. The van der Waals surface area contributed by atoms with E-state index in [9.17, 15) is 12.8 Å². The molecule has 2 rings (SSSR count). The summed E-state index contributed by atoms with van der Waals surface area (Å²) in [6.45, 7) is 2.56. The maximum atomic E-state index is 13.6. The van der Waals surface area contributed by atoms with Crippen molar-refractivity contribution in [1.82, 2.24) is 9.71 Å². The maximum absolute atomic E-state index is 13.6. The van der Waals surface area contributed by atoms with Crippen LogP contribution in [0.25, 0.3) is 10.9 Å². The molecule has 21 heavy (non-hydrogen) atoms. The van der Waals surface area contributed by atoms with Crippen molar-refractivity contribution in [2.24, 2.45) is 0 Å². The first-order valence-corrected chi connectivity index (χ1v) is 8.43. The quantitative estimate of drug-likeness (QED) is 0.768. The molecule has 0 aliphatic carbocycles. The lowest BCUT2D eigenvalue weighted by molar-refractivity contribution is 0.581. The van der Waals surface area contributed by atoms with E-state index >= 15 is 0 Å². The SMILES string of the molecule is CCS(=O)(=O)NCCCNc1ccnc2c(F)cccc12. The Morgan fingerprint density at radius 1 is 1.24 bits per heavy atom. The zero-order valence-electron chi connectivity index (χ0n) is 11.8. The van der Waals surface area contributed by atoms with Gasteiger partial charge in [-0.25, -0.2) is 17.5 Å². The molecule has 7 heteroatoms. The van der Waals surface area contributed by atoms with Gasteiger partial charge in [-0.1, -0.05) is 12.1 Å². The molecule has 0 amide bonds. The Balaban J connectivity index is 1.94. The summed E-state index contributed by atoms with van der Waals surface area (Å²) in [7, 11) is -3.14. The summed E-state index contributed by atoms with van der Waals surface area (Å²) < 4.78 is 38.6. The van der Waals surface area contributed by atoms with Gasteiger partial charge in [-0.15, -0.1) is 0 Å². The van der Waals surface area contributed by atoms with Crippen LogP contribution in [0.3, 0.4) is 0 Å². The largest absolute Gasteiger partial charge is 0.384 e. The number of fused-ring (bicyclic) bond motifs is 1. The minimum atomic E-state index is -3.14. The van der Waals surface area contributed by atoms with Crippen LogP contribution in [0.1, 0.15) is 13.3 Å². The number of nitrogens with zero attached hydrogens (tertiary/aromatic N) is 1. The molecule has 1 heterocycles. The maximum Gasteiger partial charge on any atom is 0.211 e. The first kappa shape index (κ1) is 15.7. The molecule has 1 aromatic carbocycles. The van der Waals surface area contributed by atoms with Gasteiger partial charge in [-0.3, -0.25) is 4.98 Å². The van der Waals surface area contributed by atoms with E-state index in [1.807, 2.05) is 0 Å². The Hall–Kier alpha value is -1.73. The Morgan fingerprint density at radius 2 is 2.05 bits per heavy atom. The van der Waals surface area contributed by atoms with Crippen molar-refractivity contribution in [2.45, 2.75) is 13.3 Å². The molecule has 0 spiro atoms. The fourth-order valence-corrected chi connectivity index (χ4v) is 2.59. The monoisotopic (exact) mass is 311 g/mol. The predicted molar refractivity (Wildman–Crippen MR) is 82.3 cm³/mol. The van der Waals surface area contributed by atoms with E-state index in [1.165, 1.54) is 6.07 Å². The first-order chi connectivity index (χ1) is 10.0. The van der Waals surface area contributed by atoms with Crippen LogP contribution < -0.4 is 10.0 Å². The Bertz CT molecular complexity index is 719. The van der Waals surface area contributed by atoms with Crippen LogP contribution in [-0.2, 0) is 10.0 Å².